The van der Waals surface area contributed by atoms with E-state index in [9.17, 15) is 5.11 Å². The molecule has 0 aliphatic heterocycles. The summed E-state index contributed by atoms with van der Waals surface area (Å²) in [4.78, 5) is 0. The Hall–Kier alpha value is -0.250. The average molecular weight is 472 g/mol. The molecule has 1 aromatic carbocycles. The first-order valence-electron chi connectivity index (χ1n) is 10.6. The van der Waals surface area contributed by atoms with Crippen molar-refractivity contribution in [2.24, 2.45) is 5.41 Å². The first kappa shape index (κ1) is 23.8. The van der Waals surface area contributed by atoms with Gasteiger partial charge in [0.1, 0.15) is 5.75 Å². The number of phenolic OH excluding ortho intramolecular Hbond substituents is 1. The molecule has 1 N–H and O–H groups in total. The maximum absolute atomic E-state index is 10.6. The van der Waals surface area contributed by atoms with Crippen molar-refractivity contribution >= 4 is 22.6 Å². The maximum atomic E-state index is 10.6. The van der Waals surface area contributed by atoms with Gasteiger partial charge in [-0.2, -0.15) is 0 Å². The zero-order valence-corrected chi connectivity index (χ0v) is 20.0. The fourth-order valence-corrected chi connectivity index (χ4v) is 3.74. The lowest BCUT2D eigenvalue weighted by Gasteiger charge is -2.22. The van der Waals surface area contributed by atoms with Crippen LogP contribution in [0, 0.1) is 5.41 Å². The van der Waals surface area contributed by atoms with Crippen LogP contribution in [0.2, 0.25) is 0 Å². The molecular weight excluding hydrogens is 431 g/mol. The Morgan fingerprint density at radius 2 is 1.31 bits per heavy atom. The molecule has 0 aliphatic rings. The second kappa shape index (κ2) is 11.6. The van der Waals surface area contributed by atoms with E-state index >= 15 is 0 Å². The summed E-state index contributed by atoms with van der Waals surface area (Å²) in [5.74, 6) is 0.565. The molecule has 0 amide bonds. The summed E-state index contributed by atoms with van der Waals surface area (Å²) < 4.78 is 0.409. The van der Waals surface area contributed by atoms with Crippen LogP contribution in [0.15, 0.2) is 18.2 Å². The van der Waals surface area contributed by atoms with Gasteiger partial charge in [0.05, 0.1) is 0 Å². The highest BCUT2D eigenvalue weighted by molar-refractivity contribution is 14.1. The van der Waals surface area contributed by atoms with Crippen LogP contribution in [0.5, 0.6) is 5.75 Å². The van der Waals surface area contributed by atoms with Crippen molar-refractivity contribution in [1.82, 2.24) is 0 Å². The highest BCUT2D eigenvalue weighted by Gasteiger charge is 2.14. The maximum Gasteiger partial charge on any atom is 0.121 e. The first-order chi connectivity index (χ1) is 12.1. The van der Waals surface area contributed by atoms with Gasteiger partial charge in [0.15, 0.2) is 0 Å². The lowest BCUT2D eigenvalue weighted by atomic mass is 9.84. The Bertz CT molecular complexity index is 513. The Morgan fingerprint density at radius 3 is 1.77 bits per heavy atom. The number of hydrogen-bond donors (Lipinski definition) is 1. The number of alkyl halides is 1. The minimum Gasteiger partial charge on any atom is -0.507 e. The zero-order chi connectivity index (χ0) is 19.6. The minimum atomic E-state index is 0.409. The third kappa shape index (κ3) is 10.2. The number of aryl methyl sites for hydroxylation is 2. The number of hydrogen-bond acceptors (Lipinski definition) is 1. The van der Waals surface area contributed by atoms with Gasteiger partial charge in [0, 0.05) is 3.42 Å². The van der Waals surface area contributed by atoms with Crippen LogP contribution in [0.3, 0.4) is 0 Å². The molecule has 0 radical (unpaired) electrons. The van der Waals surface area contributed by atoms with Crippen molar-refractivity contribution in [2.45, 2.75) is 109 Å². The van der Waals surface area contributed by atoms with Crippen molar-refractivity contribution in [3.63, 3.8) is 0 Å². The lowest BCUT2D eigenvalue weighted by Crippen LogP contribution is -2.08. The fraction of sp³-hybridized carbons (Fsp3) is 0.750. The van der Waals surface area contributed by atoms with Crippen molar-refractivity contribution in [2.75, 3.05) is 0 Å². The number of benzene rings is 1. The molecule has 1 aromatic rings. The molecule has 0 heterocycles. The fourth-order valence-electron chi connectivity index (χ4n) is 3.36. The van der Waals surface area contributed by atoms with E-state index in [1.807, 2.05) is 0 Å². The van der Waals surface area contributed by atoms with Crippen molar-refractivity contribution in [3.8, 4) is 5.75 Å². The topological polar surface area (TPSA) is 20.2 Å². The first-order valence-corrected chi connectivity index (χ1v) is 11.7. The predicted octanol–water partition coefficient (Wildman–Crippen LogP) is 8.25. The van der Waals surface area contributed by atoms with Crippen LogP contribution in [-0.4, -0.2) is 8.53 Å². The molecule has 0 atom stereocenters. The van der Waals surface area contributed by atoms with E-state index < -0.39 is 0 Å². The van der Waals surface area contributed by atoms with Crippen LogP contribution < -0.4 is 0 Å². The van der Waals surface area contributed by atoms with Gasteiger partial charge in [-0.15, -0.1) is 0 Å². The summed E-state index contributed by atoms with van der Waals surface area (Å²) in [5.41, 5.74) is 2.77. The van der Waals surface area contributed by atoms with E-state index in [2.05, 4.69) is 75.4 Å². The number of aromatic hydroxyl groups is 1. The molecule has 0 aliphatic carbocycles. The molecule has 0 spiro atoms. The van der Waals surface area contributed by atoms with Gasteiger partial charge in [-0.05, 0) is 55.1 Å². The van der Waals surface area contributed by atoms with E-state index in [-0.39, 0.29) is 0 Å². The average Bonchev–Trinajstić information content (AvgIpc) is 2.56. The summed E-state index contributed by atoms with van der Waals surface area (Å²) in [7, 11) is 0. The summed E-state index contributed by atoms with van der Waals surface area (Å²) >= 11 is 2.53. The van der Waals surface area contributed by atoms with Crippen molar-refractivity contribution in [1.29, 1.82) is 0 Å². The number of unbranched alkanes of at least 4 members (excludes halogenated alkanes) is 4. The predicted molar refractivity (Wildman–Crippen MR) is 125 cm³/mol. The molecule has 0 saturated heterocycles. The third-order valence-electron chi connectivity index (χ3n) is 5.68. The van der Waals surface area contributed by atoms with Crippen molar-refractivity contribution < 1.29 is 5.11 Å². The standard InChI is InChI=1S/C24H41IO/c1-6-23(2,3)18-11-7-9-14-20-16-13-17-21(22(20)26)15-10-8-12-19-24(4,5)25/h13,16-17,26H,6-12,14-15,18-19H2,1-5H3. The smallest absolute Gasteiger partial charge is 0.121 e. The normalized spacial score (nSPS) is 12.5. The molecule has 1 nitrogen and oxygen atoms in total. The van der Waals surface area contributed by atoms with E-state index in [1.165, 1.54) is 57.8 Å². The molecule has 0 unspecified atom stereocenters. The summed E-state index contributed by atoms with van der Waals surface area (Å²) in [6.07, 6.45) is 13.3. The van der Waals surface area contributed by atoms with Gasteiger partial charge in [0.2, 0.25) is 0 Å². The zero-order valence-electron chi connectivity index (χ0n) is 17.8. The molecule has 150 valence electrons. The van der Waals surface area contributed by atoms with Crippen LogP contribution in [0.4, 0.5) is 0 Å². The van der Waals surface area contributed by atoms with Crippen LogP contribution in [0.25, 0.3) is 0 Å². The number of rotatable bonds is 13. The summed E-state index contributed by atoms with van der Waals surface area (Å²) in [5, 5.41) is 10.6. The summed E-state index contributed by atoms with van der Waals surface area (Å²) in [6, 6.07) is 6.33. The Labute approximate surface area is 176 Å². The Balaban J connectivity index is 2.34. The van der Waals surface area contributed by atoms with Gasteiger partial charge in [0.25, 0.3) is 0 Å². The van der Waals surface area contributed by atoms with E-state index in [1.54, 1.807) is 0 Å². The molecule has 0 saturated carbocycles. The van der Waals surface area contributed by atoms with Gasteiger partial charge in [-0.1, -0.05) is 108 Å². The second-order valence-electron chi connectivity index (χ2n) is 9.28. The van der Waals surface area contributed by atoms with Crippen LogP contribution in [-0.2, 0) is 12.8 Å². The lowest BCUT2D eigenvalue weighted by molar-refractivity contribution is 0.308. The van der Waals surface area contributed by atoms with Gasteiger partial charge in [-0.3, -0.25) is 0 Å². The molecule has 0 fully saturated rings. The largest absolute Gasteiger partial charge is 0.507 e. The van der Waals surface area contributed by atoms with E-state index in [0.717, 1.165) is 24.0 Å². The molecule has 1 rings (SSSR count). The molecule has 0 bridgehead atoms. The molecule has 0 aromatic heterocycles. The van der Waals surface area contributed by atoms with Crippen LogP contribution >= 0.6 is 22.6 Å². The number of halogens is 1. The molecule has 2 heteroatoms. The quantitative estimate of drug-likeness (QED) is 0.174. The number of para-hydroxylation sites is 1. The molecular formula is C24H41IO. The van der Waals surface area contributed by atoms with Gasteiger partial charge >= 0.3 is 0 Å². The van der Waals surface area contributed by atoms with Crippen LogP contribution in [0.1, 0.15) is 104 Å². The Morgan fingerprint density at radius 1 is 0.808 bits per heavy atom. The van der Waals surface area contributed by atoms with Gasteiger partial charge < -0.3 is 5.11 Å². The monoisotopic (exact) mass is 472 g/mol. The highest BCUT2D eigenvalue weighted by atomic mass is 127. The van der Waals surface area contributed by atoms with E-state index in [4.69, 9.17) is 0 Å². The minimum absolute atomic E-state index is 0.409. The SMILES string of the molecule is CCC(C)(C)CCCCCc1cccc(CCCCCC(C)(C)I)c1O. The highest BCUT2D eigenvalue weighted by Crippen LogP contribution is 2.29. The Kier molecular flexibility index (Phi) is 10.6. The molecule has 26 heavy (non-hydrogen) atoms. The second-order valence-corrected chi connectivity index (χ2v) is 12.2. The van der Waals surface area contributed by atoms with Gasteiger partial charge in [-0.25, -0.2) is 0 Å². The van der Waals surface area contributed by atoms with Crippen molar-refractivity contribution in [3.05, 3.63) is 29.3 Å². The van der Waals surface area contributed by atoms with E-state index in [0.29, 0.717) is 14.6 Å². The number of phenols is 1. The third-order valence-corrected chi connectivity index (χ3v) is 6.22. The summed E-state index contributed by atoms with van der Waals surface area (Å²) in [6.45, 7) is 11.6.